The van der Waals surface area contributed by atoms with Crippen LogP contribution in [0.4, 0.5) is 5.69 Å². The minimum absolute atomic E-state index is 0.339. The van der Waals surface area contributed by atoms with E-state index in [-0.39, 0.29) is 6.10 Å². The Morgan fingerprint density at radius 1 is 1.47 bits per heavy atom. The summed E-state index contributed by atoms with van der Waals surface area (Å²) in [5, 5.41) is 12.7. The molecule has 90 valence electrons. The van der Waals surface area contributed by atoms with Crippen LogP contribution < -0.4 is 5.32 Å². The van der Waals surface area contributed by atoms with Crippen molar-refractivity contribution in [3.05, 3.63) is 29.0 Å². The van der Waals surface area contributed by atoms with Crippen LogP contribution in [-0.2, 0) is 0 Å². The summed E-state index contributed by atoms with van der Waals surface area (Å²) in [4.78, 5) is 8.59. The minimum atomic E-state index is -0.339. The lowest BCUT2D eigenvalue weighted by molar-refractivity contribution is 0.183. The molecule has 0 aliphatic carbocycles. The molecule has 0 spiro atoms. The summed E-state index contributed by atoms with van der Waals surface area (Å²) < 4.78 is 0.906. The fourth-order valence-electron chi connectivity index (χ4n) is 1.52. The maximum atomic E-state index is 9.53. The predicted molar refractivity (Wildman–Crippen MR) is 72.0 cm³/mol. The van der Waals surface area contributed by atoms with E-state index in [2.05, 4.69) is 31.2 Å². The molecule has 0 aliphatic rings. The van der Waals surface area contributed by atoms with Gasteiger partial charge >= 0.3 is 0 Å². The number of hydrogen-bond donors (Lipinski definition) is 2. The number of anilines is 1. The van der Waals surface area contributed by atoms with Gasteiger partial charge < -0.3 is 10.4 Å². The van der Waals surface area contributed by atoms with Gasteiger partial charge in [-0.1, -0.05) is 6.92 Å². The van der Waals surface area contributed by atoms with Crippen LogP contribution in [0.5, 0.6) is 0 Å². The highest BCUT2D eigenvalue weighted by Gasteiger charge is 2.05. The minimum Gasteiger partial charge on any atom is -0.391 e. The molecular weight excluding hydrogens is 282 g/mol. The van der Waals surface area contributed by atoms with Crippen molar-refractivity contribution in [1.82, 2.24) is 9.97 Å². The summed E-state index contributed by atoms with van der Waals surface area (Å²) in [5.41, 5.74) is 2.55. The second-order valence-corrected chi connectivity index (χ2v) is 4.74. The maximum Gasteiger partial charge on any atom is 0.112 e. The van der Waals surface area contributed by atoms with Gasteiger partial charge in [0, 0.05) is 23.4 Å². The average molecular weight is 296 g/mol. The first-order valence-electron chi connectivity index (χ1n) is 5.53. The van der Waals surface area contributed by atoms with Gasteiger partial charge in [0.25, 0.3) is 0 Å². The number of aliphatic hydroxyl groups excluding tert-OH is 1. The summed E-state index contributed by atoms with van der Waals surface area (Å²) in [6.07, 6.45) is 3.87. The number of nitrogens with zero attached hydrogens (tertiary/aromatic N) is 2. The molecule has 17 heavy (non-hydrogen) atoms. The highest BCUT2D eigenvalue weighted by atomic mass is 79.9. The lowest BCUT2D eigenvalue weighted by Crippen LogP contribution is -2.18. The highest BCUT2D eigenvalue weighted by molar-refractivity contribution is 9.10. The normalized spacial score (nSPS) is 12.6. The van der Waals surface area contributed by atoms with Gasteiger partial charge in [0.15, 0.2) is 0 Å². The Morgan fingerprint density at radius 3 is 3.06 bits per heavy atom. The van der Waals surface area contributed by atoms with Crippen molar-refractivity contribution < 1.29 is 5.11 Å². The molecule has 1 unspecified atom stereocenters. The standard InChI is InChI=1S/C12H14BrN3O/c1-2-9(17)7-15-10-3-4-14-11-5-8(13)6-16-12(10)11/h3-6,9,17H,2,7H2,1H3,(H,14,15). The third-order valence-electron chi connectivity index (χ3n) is 2.54. The van der Waals surface area contributed by atoms with Crippen molar-refractivity contribution >= 4 is 32.7 Å². The number of halogens is 1. The summed E-state index contributed by atoms with van der Waals surface area (Å²) in [5.74, 6) is 0. The monoisotopic (exact) mass is 295 g/mol. The van der Waals surface area contributed by atoms with E-state index < -0.39 is 0 Å². The third-order valence-corrected chi connectivity index (χ3v) is 2.98. The maximum absolute atomic E-state index is 9.53. The lowest BCUT2D eigenvalue weighted by atomic mass is 10.2. The first-order chi connectivity index (χ1) is 8.20. The Labute approximate surface area is 108 Å². The first kappa shape index (κ1) is 12.3. The van der Waals surface area contributed by atoms with Crippen LogP contribution in [0.2, 0.25) is 0 Å². The summed E-state index contributed by atoms with van der Waals surface area (Å²) >= 11 is 3.37. The first-order valence-corrected chi connectivity index (χ1v) is 6.32. The van der Waals surface area contributed by atoms with E-state index in [1.165, 1.54) is 0 Å². The zero-order valence-corrected chi connectivity index (χ0v) is 11.1. The van der Waals surface area contributed by atoms with Crippen molar-refractivity contribution in [2.45, 2.75) is 19.4 Å². The molecule has 2 aromatic rings. The molecule has 0 aliphatic heterocycles. The molecular formula is C12H14BrN3O. The molecule has 0 amide bonds. The van der Waals surface area contributed by atoms with Crippen molar-refractivity contribution in [3.63, 3.8) is 0 Å². The number of fused-ring (bicyclic) bond motifs is 1. The summed E-state index contributed by atoms with van der Waals surface area (Å²) in [7, 11) is 0. The Kier molecular flexibility index (Phi) is 3.91. The van der Waals surface area contributed by atoms with E-state index >= 15 is 0 Å². The van der Waals surface area contributed by atoms with Crippen molar-refractivity contribution in [1.29, 1.82) is 0 Å². The number of aromatic nitrogens is 2. The van der Waals surface area contributed by atoms with Gasteiger partial charge in [0.2, 0.25) is 0 Å². The van der Waals surface area contributed by atoms with Gasteiger partial charge in [-0.3, -0.25) is 9.97 Å². The average Bonchev–Trinajstić information content (AvgIpc) is 2.35. The fourth-order valence-corrected chi connectivity index (χ4v) is 1.84. The molecule has 0 bridgehead atoms. The lowest BCUT2D eigenvalue weighted by Gasteiger charge is -2.11. The topological polar surface area (TPSA) is 58.0 Å². The third kappa shape index (κ3) is 2.92. The SMILES string of the molecule is CCC(O)CNc1ccnc2cc(Br)cnc12. The van der Waals surface area contributed by atoms with Crippen LogP contribution in [0.3, 0.4) is 0 Å². The Morgan fingerprint density at radius 2 is 2.29 bits per heavy atom. The van der Waals surface area contributed by atoms with Crippen LogP contribution in [0.25, 0.3) is 11.0 Å². The zero-order valence-electron chi connectivity index (χ0n) is 9.52. The summed E-state index contributed by atoms with van der Waals surface area (Å²) in [6.45, 7) is 2.47. The van der Waals surface area contributed by atoms with Crippen LogP contribution in [0.15, 0.2) is 29.0 Å². The van der Waals surface area contributed by atoms with E-state index in [0.717, 1.165) is 27.6 Å². The predicted octanol–water partition coefficient (Wildman–Crippen LogP) is 2.58. The quantitative estimate of drug-likeness (QED) is 0.910. The fraction of sp³-hybridized carbons (Fsp3) is 0.333. The molecule has 0 radical (unpaired) electrons. The molecule has 1 atom stereocenters. The number of hydrogen-bond acceptors (Lipinski definition) is 4. The molecule has 0 aromatic carbocycles. The van der Waals surface area contributed by atoms with E-state index in [9.17, 15) is 5.11 Å². The van der Waals surface area contributed by atoms with Gasteiger partial charge in [-0.25, -0.2) is 0 Å². The molecule has 0 fully saturated rings. The molecule has 2 rings (SSSR count). The highest BCUT2D eigenvalue weighted by Crippen LogP contribution is 2.21. The molecule has 0 saturated heterocycles. The van der Waals surface area contributed by atoms with Crippen molar-refractivity contribution in [2.24, 2.45) is 0 Å². The molecule has 2 N–H and O–H groups in total. The van der Waals surface area contributed by atoms with Crippen molar-refractivity contribution in [3.8, 4) is 0 Å². The van der Waals surface area contributed by atoms with E-state index in [0.29, 0.717) is 6.54 Å². The number of pyridine rings is 2. The molecule has 2 heterocycles. The van der Waals surface area contributed by atoms with Crippen LogP contribution in [0, 0.1) is 0 Å². The number of aliphatic hydroxyl groups is 1. The second kappa shape index (κ2) is 5.42. The molecule has 5 heteroatoms. The van der Waals surface area contributed by atoms with Gasteiger partial charge in [-0.05, 0) is 34.5 Å². The van der Waals surface area contributed by atoms with Crippen LogP contribution >= 0.6 is 15.9 Å². The zero-order chi connectivity index (χ0) is 12.3. The van der Waals surface area contributed by atoms with Gasteiger partial charge in [-0.2, -0.15) is 0 Å². The Hall–Kier alpha value is -1.20. The van der Waals surface area contributed by atoms with Crippen LogP contribution in [-0.4, -0.2) is 27.7 Å². The van der Waals surface area contributed by atoms with Gasteiger partial charge in [0.1, 0.15) is 5.52 Å². The van der Waals surface area contributed by atoms with Gasteiger partial charge in [-0.15, -0.1) is 0 Å². The molecule has 4 nitrogen and oxygen atoms in total. The molecule has 2 aromatic heterocycles. The number of rotatable bonds is 4. The Balaban J connectivity index is 2.28. The second-order valence-electron chi connectivity index (χ2n) is 3.82. The van der Waals surface area contributed by atoms with E-state index in [1.54, 1.807) is 12.4 Å². The van der Waals surface area contributed by atoms with E-state index in [4.69, 9.17) is 0 Å². The molecule has 0 saturated carbocycles. The smallest absolute Gasteiger partial charge is 0.112 e. The largest absolute Gasteiger partial charge is 0.391 e. The van der Waals surface area contributed by atoms with Crippen molar-refractivity contribution in [2.75, 3.05) is 11.9 Å². The van der Waals surface area contributed by atoms with Gasteiger partial charge in [0.05, 0.1) is 17.3 Å². The summed E-state index contributed by atoms with van der Waals surface area (Å²) in [6, 6.07) is 3.79. The van der Waals surface area contributed by atoms with E-state index in [1.807, 2.05) is 19.1 Å². The Bertz CT molecular complexity index is 518. The number of nitrogens with one attached hydrogen (secondary N) is 1. The van der Waals surface area contributed by atoms with Crippen LogP contribution in [0.1, 0.15) is 13.3 Å².